The number of anilines is 2. The molecule has 3 heteroatoms. The van der Waals surface area contributed by atoms with Gasteiger partial charge in [0.1, 0.15) is 5.75 Å². The van der Waals surface area contributed by atoms with Crippen LogP contribution < -0.4 is 5.32 Å². The van der Waals surface area contributed by atoms with Gasteiger partial charge in [-0.1, -0.05) is 36.0 Å². The van der Waals surface area contributed by atoms with Crippen LogP contribution in [0.25, 0.3) is 0 Å². The molecule has 1 heterocycles. The second-order valence-electron chi connectivity index (χ2n) is 4.83. The Morgan fingerprint density at radius 1 is 1.00 bits per heavy atom. The maximum atomic E-state index is 10.2. The van der Waals surface area contributed by atoms with E-state index in [1.807, 2.05) is 18.2 Å². The molecule has 0 bridgehead atoms. The van der Waals surface area contributed by atoms with Crippen molar-refractivity contribution in [3.05, 3.63) is 53.6 Å². The molecule has 2 aromatic rings. The van der Waals surface area contributed by atoms with Gasteiger partial charge < -0.3 is 10.4 Å². The number of fused-ring (bicyclic) bond motifs is 4. The quantitative estimate of drug-likeness (QED) is 0.471. The third-order valence-electron chi connectivity index (χ3n) is 3.67. The normalized spacial score (nSPS) is 15.2. The molecule has 0 atom stereocenters. The minimum atomic E-state index is 0.423. The molecule has 2 aliphatic rings. The number of aromatic hydroxyl groups is 1. The van der Waals surface area contributed by atoms with Crippen molar-refractivity contribution in [2.45, 2.75) is 22.6 Å². The van der Waals surface area contributed by atoms with Gasteiger partial charge in [0.05, 0.1) is 11.4 Å². The fraction of sp³-hybridized carbons (Fsp3) is 0.125. The lowest BCUT2D eigenvalue weighted by molar-refractivity contribution is 0.467. The van der Waals surface area contributed by atoms with Crippen molar-refractivity contribution >= 4 is 23.1 Å². The summed E-state index contributed by atoms with van der Waals surface area (Å²) in [4.78, 5) is 2.32. The number of hydrogen-bond donors (Lipinski definition) is 2. The number of hydrogen-bond acceptors (Lipinski definition) is 3. The molecule has 0 fully saturated rings. The number of para-hydroxylation sites is 1. The van der Waals surface area contributed by atoms with Gasteiger partial charge in [-0.3, -0.25) is 0 Å². The van der Waals surface area contributed by atoms with Gasteiger partial charge in [-0.2, -0.15) is 0 Å². The first-order valence-electron chi connectivity index (χ1n) is 6.39. The molecule has 2 nitrogen and oxygen atoms in total. The number of allylic oxidation sites excluding steroid dienone is 2. The molecule has 19 heavy (non-hydrogen) atoms. The summed E-state index contributed by atoms with van der Waals surface area (Å²) in [5, 5.41) is 13.7. The van der Waals surface area contributed by atoms with Crippen LogP contribution in [-0.2, 0) is 12.8 Å². The van der Waals surface area contributed by atoms with Crippen molar-refractivity contribution in [2.24, 2.45) is 0 Å². The highest BCUT2D eigenvalue weighted by molar-refractivity contribution is 7.99. The van der Waals surface area contributed by atoms with Gasteiger partial charge in [0.15, 0.2) is 0 Å². The van der Waals surface area contributed by atoms with Gasteiger partial charge in [0, 0.05) is 15.4 Å². The first-order chi connectivity index (χ1) is 9.33. The fourth-order valence-electron chi connectivity index (χ4n) is 2.72. The van der Waals surface area contributed by atoms with Gasteiger partial charge >= 0.3 is 0 Å². The minimum Gasteiger partial charge on any atom is -0.508 e. The number of phenolic OH excluding ortho intramolecular Hbond substituents is 1. The molecule has 1 aliphatic heterocycles. The maximum Gasteiger partial charge on any atom is 0.120 e. The van der Waals surface area contributed by atoms with Crippen molar-refractivity contribution in [1.29, 1.82) is 0 Å². The summed E-state index contributed by atoms with van der Waals surface area (Å²) in [6.45, 7) is 0. The summed E-state index contributed by atoms with van der Waals surface area (Å²) < 4.78 is 0. The standard InChI is InChI=1S/C16H13NOS/c18-13-9-15-16(11-6-2-1-5-10(11)13)17-12-7-3-4-8-14(12)19-15/h1-4,7-9,17-18H,5-6H2. The van der Waals surface area contributed by atoms with Crippen molar-refractivity contribution in [3.63, 3.8) is 0 Å². The van der Waals surface area contributed by atoms with Crippen LogP contribution >= 0.6 is 11.8 Å². The predicted octanol–water partition coefficient (Wildman–Crippen LogP) is 4.26. The van der Waals surface area contributed by atoms with Crippen LogP contribution in [0.15, 0.2) is 52.3 Å². The molecule has 0 saturated carbocycles. The largest absolute Gasteiger partial charge is 0.508 e. The highest BCUT2D eigenvalue weighted by Gasteiger charge is 2.23. The lowest BCUT2D eigenvalue weighted by atomic mass is 9.94. The average Bonchev–Trinajstić information content (AvgIpc) is 2.46. The monoisotopic (exact) mass is 267 g/mol. The molecular formula is C16H13NOS. The van der Waals surface area contributed by atoms with Crippen LogP contribution in [0.4, 0.5) is 11.4 Å². The molecule has 2 N–H and O–H groups in total. The predicted molar refractivity (Wildman–Crippen MR) is 78.5 cm³/mol. The Morgan fingerprint density at radius 3 is 2.68 bits per heavy atom. The zero-order chi connectivity index (χ0) is 12.8. The summed E-state index contributed by atoms with van der Waals surface area (Å²) in [6.07, 6.45) is 6.01. The van der Waals surface area contributed by atoms with E-state index in [0.29, 0.717) is 5.75 Å². The van der Waals surface area contributed by atoms with E-state index in [9.17, 15) is 5.11 Å². The van der Waals surface area contributed by atoms with Gasteiger partial charge in [-0.05, 0) is 36.6 Å². The van der Waals surface area contributed by atoms with Crippen LogP contribution in [0.3, 0.4) is 0 Å². The Labute approximate surface area is 116 Å². The third kappa shape index (κ3) is 1.65. The molecule has 0 unspecified atom stereocenters. The summed E-state index contributed by atoms with van der Waals surface area (Å²) >= 11 is 1.72. The van der Waals surface area contributed by atoms with E-state index in [2.05, 4.69) is 29.6 Å². The molecule has 0 aromatic heterocycles. The van der Waals surface area contributed by atoms with Crippen LogP contribution in [-0.4, -0.2) is 5.11 Å². The van der Waals surface area contributed by atoms with Gasteiger partial charge in [0.2, 0.25) is 0 Å². The Morgan fingerprint density at radius 2 is 1.79 bits per heavy atom. The van der Waals surface area contributed by atoms with Crippen molar-refractivity contribution in [1.82, 2.24) is 0 Å². The van der Waals surface area contributed by atoms with E-state index in [-0.39, 0.29) is 0 Å². The van der Waals surface area contributed by atoms with Crippen molar-refractivity contribution in [2.75, 3.05) is 5.32 Å². The second-order valence-corrected chi connectivity index (χ2v) is 5.91. The van der Waals surface area contributed by atoms with E-state index in [1.165, 1.54) is 16.1 Å². The van der Waals surface area contributed by atoms with E-state index in [0.717, 1.165) is 29.0 Å². The Kier molecular flexibility index (Phi) is 2.35. The molecule has 94 valence electrons. The van der Waals surface area contributed by atoms with Crippen molar-refractivity contribution in [3.8, 4) is 5.75 Å². The third-order valence-corrected chi connectivity index (χ3v) is 4.78. The SMILES string of the molecule is Oc1cc2c(c3c1CC=CC3)Nc1ccccc1S2. The molecule has 2 aromatic carbocycles. The van der Waals surface area contributed by atoms with E-state index < -0.39 is 0 Å². The minimum absolute atomic E-state index is 0.423. The number of benzene rings is 2. The zero-order valence-corrected chi connectivity index (χ0v) is 11.1. The highest BCUT2D eigenvalue weighted by atomic mass is 32.2. The van der Waals surface area contributed by atoms with Crippen LogP contribution in [0.1, 0.15) is 11.1 Å². The average molecular weight is 267 g/mol. The highest BCUT2D eigenvalue weighted by Crippen LogP contribution is 2.49. The Balaban J connectivity index is 1.91. The Hall–Kier alpha value is -1.87. The summed E-state index contributed by atoms with van der Waals surface area (Å²) in [5.74, 6) is 0.423. The number of nitrogens with one attached hydrogen (secondary N) is 1. The summed E-state index contributed by atoms with van der Waals surface area (Å²) in [6, 6.07) is 10.2. The van der Waals surface area contributed by atoms with Gasteiger partial charge in [-0.25, -0.2) is 0 Å². The molecule has 0 spiro atoms. The fourth-order valence-corrected chi connectivity index (χ4v) is 3.78. The lowest BCUT2D eigenvalue weighted by Gasteiger charge is -2.26. The second kappa shape index (κ2) is 4.07. The van der Waals surface area contributed by atoms with Gasteiger partial charge in [0.25, 0.3) is 0 Å². The number of phenols is 1. The first kappa shape index (κ1) is 11.0. The maximum absolute atomic E-state index is 10.2. The van der Waals surface area contributed by atoms with E-state index in [4.69, 9.17) is 0 Å². The van der Waals surface area contributed by atoms with E-state index in [1.54, 1.807) is 11.8 Å². The van der Waals surface area contributed by atoms with Crippen LogP contribution in [0.2, 0.25) is 0 Å². The summed E-state index contributed by atoms with van der Waals surface area (Å²) in [7, 11) is 0. The topological polar surface area (TPSA) is 32.3 Å². The molecule has 0 radical (unpaired) electrons. The van der Waals surface area contributed by atoms with Crippen molar-refractivity contribution < 1.29 is 5.11 Å². The first-order valence-corrected chi connectivity index (χ1v) is 7.21. The van der Waals surface area contributed by atoms with Crippen LogP contribution in [0.5, 0.6) is 5.75 Å². The van der Waals surface area contributed by atoms with E-state index >= 15 is 0 Å². The lowest BCUT2D eigenvalue weighted by Crippen LogP contribution is -2.08. The Bertz CT molecular complexity index is 706. The zero-order valence-electron chi connectivity index (χ0n) is 10.3. The molecular weight excluding hydrogens is 254 g/mol. The molecule has 4 rings (SSSR count). The molecule has 0 amide bonds. The summed E-state index contributed by atoms with van der Waals surface area (Å²) in [5.41, 5.74) is 4.62. The number of rotatable bonds is 0. The van der Waals surface area contributed by atoms with Crippen LogP contribution in [0, 0.1) is 0 Å². The smallest absolute Gasteiger partial charge is 0.120 e. The van der Waals surface area contributed by atoms with Gasteiger partial charge in [-0.15, -0.1) is 0 Å². The molecule has 1 aliphatic carbocycles. The molecule has 0 saturated heterocycles.